The summed E-state index contributed by atoms with van der Waals surface area (Å²) in [5.74, 6) is 0.462. The Bertz CT molecular complexity index is 826. The molecule has 0 atom stereocenters. The molecule has 3 rings (SSSR count). The van der Waals surface area contributed by atoms with Crippen molar-refractivity contribution in [3.05, 3.63) is 45.9 Å². The molecule has 0 unspecified atom stereocenters. The Morgan fingerprint density at radius 3 is 2.75 bits per heavy atom. The summed E-state index contributed by atoms with van der Waals surface area (Å²) in [6, 6.07) is 9.71. The van der Waals surface area contributed by atoms with Gasteiger partial charge in [-0.3, -0.25) is 10.1 Å². The summed E-state index contributed by atoms with van der Waals surface area (Å²) in [7, 11) is 0. The highest BCUT2D eigenvalue weighted by molar-refractivity contribution is 7.14. The Hall–Kier alpha value is -2.12. The molecule has 0 saturated carbocycles. The zero-order valence-electron chi connectivity index (χ0n) is 13.6. The number of aromatic nitrogens is 3. The van der Waals surface area contributed by atoms with Gasteiger partial charge in [0.05, 0.1) is 10.7 Å². The second-order valence-corrected chi connectivity index (χ2v) is 7.20. The zero-order valence-corrected chi connectivity index (χ0v) is 15.2. The van der Waals surface area contributed by atoms with Crippen LogP contribution in [0.5, 0.6) is 0 Å². The van der Waals surface area contributed by atoms with Crippen LogP contribution >= 0.6 is 22.9 Å². The number of carbonyl (C=O) groups is 1. The van der Waals surface area contributed by atoms with Crippen molar-refractivity contribution in [2.45, 2.75) is 33.1 Å². The van der Waals surface area contributed by atoms with Crippen LogP contribution in [-0.4, -0.2) is 20.2 Å². The molecule has 0 bridgehead atoms. The van der Waals surface area contributed by atoms with Gasteiger partial charge in [-0.1, -0.05) is 43.7 Å². The van der Waals surface area contributed by atoms with Crippen LogP contribution in [0.3, 0.4) is 0 Å². The standard InChI is InChI=1S/C17H18N4OS2/c1-3-4-10-13-18-11(2)14(23-13)16(22)20-17-19-15(21-24-17)12-8-6-5-7-9-12/h5-9H,3-4,10H2,1-2H3,(H,19,20,21,22). The lowest BCUT2D eigenvalue weighted by Crippen LogP contribution is -2.11. The van der Waals surface area contributed by atoms with Crippen LogP contribution in [0.4, 0.5) is 5.13 Å². The second-order valence-electron chi connectivity index (χ2n) is 5.37. The van der Waals surface area contributed by atoms with Crippen molar-refractivity contribution < 1.29 is 4.79 Å². The molecule has 0 aliphatic rings. The number of unbranched alkanes of at least 4 members (excludes halogenated alkanes) is 1. The molecule has 1 amide bonds. The predicted octanol–water partition coefficient (Wildman–Crippen LogP) is 4.56. The number of thiazole rings is 1. The van der Waals surface area contributed by atoms with E-state index in [2.05, 4.69) is 26.6 Å². The lowest BCUT2D eigenvalue weighted by molar-refractivity contribution is 0.103. The molecular formula is C17H18N4OS2. The first-order chi connectivity index (χ1) is 11.7. The minimum atomic E-state index is -0.163. The molecule has 2 aromatic heterocycles. The summed E-state index contributed by atoms with van der Waals surface area (Å²) >= 11 is 2.65. The third kappa shape index (κ3) is 3.85. The monoisotopic (exact) mass is 358 g/mol. The van der Waals surface area contributed by atoms with E-state index in [1.54, 1.807) is 0 Å². The topological polar surface area (TPSA) is 67.8 Å². The lowest BCUT2D eigenvalue weighted by Gasteiger charge is -1.98. The minimum Gasteiger partial charge on any atom is -0.296 e. The molecule has 1 aromatic carbocycles. The molecule has 3 aromatic rings. The van der Waals surface area contributed by atoms with Gasteiger partial charge in [-0.2, -0.15) is 9.36 Å². The highest BCUT2D eigenvalue weighted by Gasteiger charge is 2.17. The highest BCUT2D eigenvalue weighted by atomic mass is 32.1. The van der Waals surface area contributed by atoms with Crippen molar-refractivity contribution in [3.63, 3.8) is 0 Å². The van der Waals surface area contributed by atoms with Crippen LogP contribution in [0.2, 0.25) is 0 Å². The van der Waals surface area contributed by atoms with Gasteiger partial charge in [-0.25, -0.2) is 4.98 Å². The third-order valence-electron chi connectivity index (χ3n) is 3.47. The van der Waals surface area contributed by atoms with Gasteiger partial charge < -0.3 is 0 Å². The Labute approximate surface area is 149 Å². The van der Waals surface area contributed by atoms with E-state index in [4.69, 9.17) is 0 Å². The zero-order chi connectivity index (χ0) is 16.9. The predicted molar refractivity (Wildman–Crippen MR) is 98.8 cm³/mol. The van der Waals surface area contributed by atoms with Crippen LogP contribution in [0, 0.1) is 6.92 Å². The average Bonchev–Trinajstić information content (AvgIpc) is 3.20. The molecule has 5 nitrogen and oxygen atoms in total. The number of nitrogens with zero attached hydrogens (tertiary/aromatic N) is 3. The van der Waals surface area contributed by atoms with E-state index in [0.717, 1.165) is 35.5 Å². The fourth-order valence-electron chi connectivity index (χ4n) is 2.23. The van der Waals surface area contributed by atoms with Crippen molar-refractivity contribution >= 4 is 33.9 Å². The SMILES string of the molecule is CCCCc1nc(C)c(C(=O)Nc2nc(-c3ccccc3)ns2)s1. The summed E-state index contributed by atoms with van der Waals surface area (Å²) in [5.41, 5.74) is 1.71. The number of benzene rings is 1. The smallest absolute Gasteiger partial charge is 0.269 e. The lowest BCUT2D eigenvalue weighted by atomic mass is 10.2. The summed E-state index contributed by atoms with van der Waals surface area (Å²) in [5, 5.41) is 4.35. The summed E-state index contributed by atoms with van der Waals surface area (Å²) in [6.07, 6.45) is 3.13. The number of nitrogens with one attached hydrogen (secondary N) is 1. The first kappa shape index (κ1) is 16.7. The Morgan fingerprint density at radius 2 is 2.00 bits per heavy atom. The van der Waals surface area contributed by atoms with Crippen LogP contribution in [-0.2, 0) is 6.42 Å². The maximum atomic E-state index is 12.5. The number of amides is 1. The highest BCUT2D eigenvalue weighted by Crippen LogP contribution is 2.24. The second kappa shape index (κ2) is 7.63. The summed E-state index contributed by atoms with van der Waals surface area (Å²) in [4.78, 5) is 22.0. The third-order valence-corrected chi connectivity index (χ3v) is 5.32. The van der Waals surface area contributed by atoms with Gasteiger partial charge in [-0.15, -0.1) is 11.3 Å². The number of aryl methyl sites for hydroxylation is 2. The molecule has 7 heteroatoms. The molecular weight excluding hydrogens is 340 g/mol. The molecule has 2 heterocycles. The molecule has 0 radical (unpaired) electrons. The van der Waals surface area contributed by atoms with Gasteiger partial charge in [-0.05, 0) is 19.8 Å². The molecule has 0 aliphatic heterocycles. The Balaban J connectivity index is 1.71. The average molecular weight is 358 g/mol. The van der Waals surface area contributed by atoms with E-state index in [1.165, 1.54) is 22.9 Å². The molecule has 0 spiro atoms. The maximum absolute atomic E-state index is 12.5. The quantitative estimate of drug-likeness (QED) is 0.701. The van der Waals surface area contributed by atoms with E-state index in [1.807, 2.05) is 37.3 Å². The van der Waals surface area contributed by atoms with E-state index >= 15 is 0 Å². The van der Waals surface area contributed by atoms with Crippen molar-refractivity contribution in [2.75, 3.05) is 5.32 Å². The van der Waals surface area contributed by atoms with Crippen molar-refractivity contribution in [2.24, 2.45) is 0 Å². The number of rotatable bonds is 6. The molecule has 124 valence electrons. The largest absolute Gasteiger partial charge is 0.296 e. The number of anilines is 1. The van der Waals surface area contributed by atoms with Crippen LogP contribution in [0.25, 0.3) is 11.4 Å². The van der Waals surface area contributed by atoms with E-state index in [0.29, 0.717) is 15.8 Å². The van der Waals surface area contributed by atoms with Crippen LogP contribution < -0.4 is 5.32 Å². The molecule has 0 aliphatic carbocycles. The van der Waals surface area contributed by atoms with Gasteiger partial charge in [0.1, 0.15) is 4.88 Å². The van der Waals surface area contributed by atoms with E-state index in [-0.39, 0.29) is 5.91 Å². The minimum absolute atomic E-state index is 0.163. The van der Waals surface area contributed by atoms with E-state index in [9.17, 15) is 4.79 Å². The summed E-state index contributed by atoms with van der Waals surface area (Å²) < 4.78 is 4.30. The van der Waals surface area contributed by atoms with E-state index < -0.39 is 0 Å². The Kier molecular flexibility index (Phi) is 5.32. The van der Waals surface area contributed by atoms with Crippen molar-refractivity contribution in [1.29, 1.82) is 0 Å². The van der Waals surface area contributed by atoms with Gasteiger partial charge in [0.25, 0.3) is 5.91 Å². The van der Waals surface area contributed by atoms with Crippen molar-refractivity contribution in [1.82, 2.24) is 14.3 Å². The number of hydrogen-bond donors (Lipinski definition) is 1. The van der Waals surface area contributed by atoms with Gasteiger partial charge >= 0.3 is 0 Å². The summed E-state index contributed by atoms with van der Waals surface area (Å²) in [6.45, 7) is 4.02. The normalized spacial score (nSPS) is 10.8. The number of carbonyl (C=O) groups excluding carboxylic acids is 1. The maximum Gasteiger partial charge on any atom is 0.269 e. The van der Waals surface area contributed by atoms with Crippen molar-refractivity contribution in [3.8, 4) is 11.4 Å². The Morgan fingerprint density at radius 1 is 1.21 bits per heavy atom. The molecule has 0 saturated heterocycles. The van der Waals surface area contributed by atoms with Gasteiger partial charge in [0.2, 0.25) is 5.13 Å². The fraction of sp³-hybridized carbons (Fsp3) is 0.294. The number of hydrogen-bond acceptors (Lipinski definition) is 6. The van der Waals surface area contributed by atoms with Gasteiger partial charge in [0.15, 0.2) is 5.82 Å². The molecule has 0 fully saturated rings. The van der Waals surface area contributed by atoms with Crippen LogP contribution in [0.15, 0.2) is 30.3 Å². The first-order valence-electron chi connectivity index (χ1n) is 7.84. The van der Waals surface area contributed by atoms with Gasteiger partial charge in [0, 0.05) is 17.1 Å². The van der Waals surface area contributed by atoms with Crippen LogP contribution in [0.1, 0.15) is 40.1 Å². The molecule has 1 N–H and O–H groups in total. The fourth-order valence-corrected chi connectivity index (χ4v) is 3.82. The first-order valence-corrected chi connectivity index (χ1v) is 9.43. The molecule has 24 heavy (non-hydrogen) atoms.